The normalized spacial score (nSPS) is 31.0. The first-order chi connectivity index (χ1) is 5.36. The van der Waals surface area contributed by atoms with E-state index in [2.05, 4.69) is 29.8 Å². The van der Waals surface area contributed by atoms with Gasteiger partial charge in [-0.15, -0.1) is 11.3 Å². The molecule has 0 radical (unpaired) electrons. The minimum atomic E-state index is 0.710. The average Bonchev–Trinajstić information content (AvgIpc) is 2.55. The van der Waals surface area contributed by atoms with Gasteiger partial charge in [-0.2, -0.15) is 0 Å². The van der Waals surface area contributed by atoms with Gasteiger partial charge in [0.1, 0.15) is 0 Å². The third-order valence-corrected chi connectivity index (χ3v) is 3.33. The lowest BCUT2D eigenvalue weighted by Gasteiger charge is -2.03. The highest BCUT2D eigenvalue weighted by Gasteiger charge is 2.22. The molecule has 0 aliphatic carbocycles. The van der Waals surface area contributed by atoms with Crippen molar-refractivity contribution in [2.75, 3.05) is 6.54 Å². The van der Waals surface area contributed by atoms with Gasteiger partial charge in [0.15, 0.2) is 0 Å². The van der Waals surface area contributed by atoms with Gasteiger partial charge in [-0.1, -0.05) is 6.07 Å². The highest BCUT2D eigenvalue weighted by molar-refractivity contribution is 7.10. The number of hydrogen-bond acceptors (Lipinski definition) is 2. The molecule has 11 heavy (non-hydrogen) atoms. The molecule has 2 heterocycles. The van der Waals surface area contributed by atoms with E-state index in [1.807, 2.05) is 11.3 Å². The van der Waals surface area contributed by atoms with Gasteiger partial charge in [0.2, 0.25) is 0 Å². The average molecular weight is 167 g/mol. The first-order valence-corrected chi connectivity index (χ1v) is 5.01. The maximum Gasteiger partial charge on any atom is 0.00894 e. The van der Waals surface area contributed by atoms with Gasteiger partial charge in [0.05, 0.1) is 0 Å². The van der Waals surface area contributed by atoms with Gasteiger partial charge in [0.25, 0.3) is 0 Å². The molecule has 1 aliphatic rings. The monoisotopic (exact) mass is 167 g/mol. The second-order valence-electron chi connectivity index (χ2n) is 3.26. The second-order valence-corrected chi connectivity index (χ2v) is 4.24. The van der Waals surface area contributed by atoms with Gasteiger partial charge in [-0.05, 0) is 24.8 Å². The quantitative estimate of drug-likeness (QED) is 0.676. The minimum absolute atomic E-state index is 0.710. The summed E-state index contributed by atoms with van der Waals surface area (Å²) < 4.78 is 0. The molecule has 2 heteroatoms. The van der Waals surface area contributed by atoms with Crippen LogP contribution in [0, 0.1) is 0 Å². The zero-order valence-corrected chi connectivity index (χ0v) is 7.53. The Balaban J connectivity index is 2.08. The molecule has 2 rings (SSSR count). The summed E-state index contributed by atoms with van der Waals surface area (Å²) in [7, 11) is 0. The largest absolute Gasteiger partial charge is 0.314 e. The molecule has 1 aromatic rings. The van der Waals surface area contributed by atoms with Gasteiger partial charge >= 0.3 is 0 Å². The lowest BCUT2D eigenvalue weighted by molar-refractivity contribution is 0.659. The summed E-state index contributed by atoms with van der Waals surface area (Å²) in [4.78, 5) is 1.54. The summed E-state index contributed by atoms with van der Waals surface area (Å²) in [5, 5.41) is 5.63. The highest BCUT2D eigenvalue weighted by atomic mass is 32.1. The summed E-state index contributed by atoms with van der Waals surface area (Å²) in [5.74, 6) is 0.782. The van der Waals surface area contributed by atoms with Crippen LogP contribution in [0.25, 0.3) is 0 Å². The lowest BCUT2D eigenvalue weighted by atomic mass is 10.1. The number of hydrogen-bond donors (Lipinski definition) is 1. The van der Waals surface area contributed by atoms with Crippen LogP contribution >= 0.6 is 11.3 Å². The van der Waals surface area contributed by atoms with E-state index < -0.39 is 0 Å². The Labute approximate surface area is 71.4 Å². The summed E-state index contributed by atoms with van der Waals surface area (Å²) in [5.41, 5.74) is 0. The Kier molecular flexibility index (Phi) is 1.96. The summed E-state index contributed by atoms with van der Waals surface area (Å²) in [6.45, 7) is 3.43. The zero-order valence-electron chi connectivity index (χ0n) is 6.71. The third-order valence-electron chi connectivity index (χ3n) is 2.30. The van der Waals surface area contributed by atoms with Gasteiger partial charge in [-0.25, -0.2) is 0 Å². The standard InChI is InChI=1S/C9H13NS/c1-7-5-8(6-10-7)9-3-2-4-11-9/h2-4,7-8,10H,5-6H2,1H3. The van der Waals surface area contributed by atoms with Crippen LogP contribution in [0.1, 0.15) is 24.1 Å². The van der Waals surface area contributed by atoms with Crippen LogP contribution in [0.2, 0.25) is 0 Å². The smallest absolute Gasteiger partial charge is 0.00894 e. The summed E-state index contributed by atoms with van der Waals surface area (Å²) in [6.07, 6.45) is 1.31. The van der Waals surface area contributed by atoms with Crippen LogP contribution < -0.4 is 5.32 Å². The fourth-order valence-electron chi connectivity index (χ4n) is 1.68. The van der Waals surface area contributed by atoms with Crippen molar-refractivity contribution >= 4 is 11.3 Å². The first kappa shape index (κ1) is 7.32. The SMILES string of the molecule is CC1CC(c2cccs2)CN1. The van der Waals surface area contributed by atoms with Crippen molar-refractivity contribution in [3.63, 3.8) is 0 Å². The molecule has 0 aromatic carbocycles. The van der Waals surface area contributed by atoms with Crippen molar-refractivity contribution in [1.82, 2.24) is 5.32 Å². The first-order valence-electron chi connectivity index (χ1n) is 4.13. The van der Waals surface area contributed by atoms with Crippen LogP contribution in [0.5, 0.6) is 0 Å². The van der Waals surface area contributed by atoms with Crippen LogP contribution in [0.4, 0.5) is 0 Å². The van der Waals surface area contributed by atoms with Crippen molar-refractivity contribution in [2.45, 2.75) is 25.3 Å². The number of rotatable bonds is 1. The molecule has 0 amide bonds. The molecule has 60 valence electrons. The number of thiophene rings is 1. The molecule has 0 spiro atoms. The fraction of sp³-hybridized carbons (Fsp3) is 0.556. The predicted octanol–water partition coefficient (Wildman–Crippen LogP) is 2.21. The van der Waals surface area contributed by atoms with E-state index in [1.165, 1.54) is 13.0 Å². The molecule has 0 bridgehead atoms. The third kappa shape index (κ3) is 1.47. The van der Waals surface area contributed by atoms with Gasteiger partial charge in [-0.3, -0.25) is 0 Å². The van der Waals surface area contributed by atoms with Crippen LogP contribution in [-0.4, -0.2) is 12.6 Å². The zero-order chi connectivity index (χ0) is 7.68. The van der Waals surface area contributed by atoms with Crippen molar-refractivity contribution < 1.29 is 0 Å². The molecule has 0 saturated carbocycles. The summed E-state index contributed by atoms with van der Waals surface area (Å²) in [6, 6.07) is 5.10. The molecule has 1 fully saturated rings. The molecule has 2 unspecified atom stereocenters. The molecule has 1 aliphatic heterocycles. The minimum Gasteiger partial charge on any atom is -0.314 e. The van der Waals surface area contributed by atoms with Crippen LogP contribution in [-0.2, 0) is 0 Å². The Bertz CT molecular complexity index is 217. The second kappa shape index (κ2) is 2.95. The Morgan fingerprint density at radius 2 is 2.55 bits per heavy atom. The predicted molar refractivity (Wildman–Crippen MR) is 49.1 cm³/mol. The fourth-order valence-corrected chi connectivity index (χ4v) is 2.52. The van der Waals surface area contributed by atoms with Crippen molar-refractivity contribution in [2.24, 2.45) is 0 Å². The molecular weight excluding hydrogens is 154 g/mol. The highest BCUT2D eigenvalue weighted by Crippen LogP contribution is 2.28. The molecular formula is C9H13NS. The van der Waals surface area contributed by atoms with E-state index in [9.17, 15) is 0 Å². The number of nitrogens with one attached hydrogen (secondary N) is 1. The Morgan fingerprint density at radius 3 is 3.09 bits per heavy atom. The van der Waals surface area contributed by atoms with E-state index in [-0.39, 0.29) is 0 Å². The van der Waals surface area contributed by atoms with Crippen molar-refractivity contribution in [3.05, 3.63) is 22.4 Å². The molecule has 1 nitrogen and oxygen atoms in total. The molecule has 1 N–H and O–H groups in total. The summed E-state index contributed by atoms with van der Waals surface area (Å²) >= 11 is 1.88. The van der Waals surface area contributed by atoms with Gasteiger partial charge < -0.3 is 5.32 Å². The topological polar surface area (TPSA) is 12.0 Å². The maximum absolute atomic E-state index is 3.46. The molecule has 1 aromatic heterocycles. The van der Waals surface area contributed by atoms with Crippen LogP contribution in [0.15, 0.2) is 17.5 Å². The lowest BCUT2D eigenvalue weighted by Crippen LogP contribution is -2.16. The Hall–Kier alpha value is -0.340. The van der Waals surface area contributed by atoms with Crippen LogP contribution in [0.3, 0.4) is 0 Å². The van der Waals surface area contributed by atoms with E-state index in [1.54, 1.807) is 4.88 Å². The molecule has 2 atom stereocenters. The van der Waals surface area contributed by atoms with Crippen molar-refractivity contribution in [1.29, 1.82) is 0 Å². The van der Waals surface area contributed by atoms with E-state index in [4.69, 9.17) is 0 Å². The van der Waals surface area contributed by atoms with Crippen molar-refractivity contribution in [3.8, 4) is 0 Å². The van der Waals surface area contributed by atoms with E-state index in [0.717, 1.165) is 5.92 Å². The Morgan fingerprint density at radius 1 is 1.64 bits per heavy atom. The van der Waals surface area contributed by atoms with Gasteiger partial charge in [0, 0.05) is 23.4 Å². The van der Waals surface area contributed by atoms with E-state index >= 15 is 0 Å². The maximum atomic E-state index is 3.46. The van der Waals surface area contributed by atoms with E-state index in [0.29, 0.717) is 6.04 Å². The molecule has 1 saturated heterocycles.